The quantitative estimate of drug-likeness (QED) is 0.916. The molecule has 2 aromatic rings. The fraction of sp³-hybridized carbons (Fsp3) is 0.333. The maximum atomic E-state index is 3.51. The maximum Gasteiger partial charge on any atom is 0.0432 e. The average molecular weight is 266 g/mol. The molecule has 1 heterocycles. The van der Waals surface area contributed by atoms with Gasteiger partial charge in [-0.15, -0.1) is 0 Å². The Morgan fingerprint density at radius 2 is 1.75 bits per heavy atom. The molecule has 2 nitrogen and oxygen atoms in total. The summed E-state index contributed by atoms with van der Waals surface area (Å²) in [5.74, 6) is 0. The Morgan fingerprint density at radius 3 is 2.60 bits per heavy atom. The molecule has 0 bridgehead atoms. The molecule has 1 aliphatic rings. The van der Waals surface area contributed by atoms with Gasteiger partial charge in [-0.3, -0.25) is 0 Å². The molecule has 0 spiro atoms. The number of para-hydroxylation sites is 1. The second-order valence-corrected chi connectivity index (χ2v) is 5.35. The summed E-state index contributed by atoms with van der Waals surface area (Å²) >= 11 is 0. The standard InChI is InChI=1S/C18H22N2/c1-2-15-7-3-4-9-17(15)14-20-12-11-19-13-16-8-5-6-10-18(16)20/h3-10,19H,2,11-14H2,1H3. The Kier molecular flexibility index (Phi) is 4.03. The van der Waals surface area contributed by atoms with Crippen molar-refractivity contribution in [2.75, 3.05) is 18.0 Å². The third-order valence-electron chi connectivity index (χ3n) is 4.07. The van der Waals surface area contributed by atoms with Gasteiger partial charge in [-0.05, 0) is 29.2 Å². The van der Waals surface area contributed by atoms with Crippen molar-refractivity contribution >= 4 is 5.69 Å². The van der Waals surface area contributed by atoms with Crippen molar-refractivity contribution in [1.29, 1.82) is 0 Å². The predicted molar refractivity (Wildman–Crippen MR) is 85.0 cm³/mol. The first-order valence-electron chi connectivity index (χ1n) is 7.49. The second kappa shape index (κ2) is 6.10. The number of benzene rings is 2. The number of hydrogen-bond acceptors (Lipinski definition) is 2. The van der Waals surface area contributed by atoms with E-state index in [0.717, 1.165) is 32.6 Å². The van der Waals surface area contributed by atoms with E-state index in [4.69, 9.17) is 0 Å². The fourth-order valence-electron chi connectivity index (χ4n) is 2.95. The first kappa shape index (κ1) is 13.2. The first-order chi connectivity index (χ1) is 9.88. The lowest BCUT2D eigenvalue weighted by atomic mass is 10.0. The number of hydrogen-bond donors (Lipinski definition) is 1. The molecule has 3 rings (SSSR count). The molecule has 1 aliphatic heterocycles. The van der Waals surface area contributed by atoms with E-state index in [-0.39, 0.29) is 0 Å². The van der Waals surface area contributed by atoms with Crippen molar-refractivity contribution in [2.24, 2.45) is 0 Å². The van der Waals surface area contributed by atoms with Gasteiger partial charge in [0.25, 0.3) is 0 Å². The van der Waals surface area contributed by atoms with Crippen LogP contribution in [0.4, 0.5) is 5.69 Å². The molecular formula is C18H22N2. The van der Waals surface area contributed by atoms with E-state index in [1.807, 2.05) is 0 Å². The fourth-order valence-corrected chi connectivity index (χ4v) is 2.95. The highest BCUT2D eigenvalue weighted by molar-refractivity contribution is 5.55. The normalized spacial score (nSPS) is 14.8. The highest BCUT2D eigenvalue weighted by Gasteiger charge is 2.15. The molecular weight excluding hydrogens is 244 g/mol. The van der Waals surface area contributed by atoms with Gasteiger partial charge in [0.15, 0.2) is 0 Å². The van der Waals surface area contributed by atoms with Crippen LogP contribution in [0.2, 0.25) is 0 Å². The molecule has 0 unspecified atom stereocenters. The lowest BCUT2D eigenvalue weighted by molar-refractivity contribution is 0.687. The average Bonchev–Trinajstić information content (AvgIpc) is 2.71. The Bertz CT molecular complexity index is 577. The van der Waals surface area contributed by atoms with E-state index in [2.05, 4.69) is 65.7 Å². The van der Waals surface area contributed by atoms with Crippen molar-refractivity contribution in [2.45, 2.75) is 26.4 Å². The van der Waals surface area contributed by atoms with Gasteiger partial charge in [0.1, 0.15) is 0 Å². The van der Waals surface area contributed by atoms with Crippen LogP contribution in [0.5, 0.6) is 0 Å². The molecule has 0 saturated carbocycles. The summed E-state index contributed by atoms with van der Waals surface area (Å²) in [7, 11) is 0. The van der Waals surface area contributed by atoms with E-state index >= 15 is 0 Å². The third kappa shape index (κ3) is 2.70. The Morgan fingerprint density at radius 1 is 1.00 bits per heavy atom. The zero-order valence-electron chi connectivity index (χ0n) is 12.1. The molecule has 0 radical (unpaired) electrons. The van der Waals surface area contributed by atoms with Crippen LogP contribution in [-0.2, 0) is 19.5 Å². The van der Waals surface area contributed by atoms with Crippen LogP contribution in [-0.4, -0.2) is 13.1 Å². The molecule has 0 amide bonds. The molecule has 0 atom stereocenters. The molecule has 0 saturated heterocycles. The molecule has 0 fully saturated rings. The summed E-state index contributed by atoms with van der Waals surface area (Å²) in [5.41, 5.74) is 5.69. The number of rotatable bonds is 3. The molecule has 0 aliphatic carbocycles. The van der Waals surface area contributed by atoms with Crippen LogP contribution >= 0.6 is 0 Å². The van der Waals surface area contributed by atoms with Crippen LogP contribution in [0.3, 0.4) is 0 Å². The molecule has 104 valence electrons. The zero-order chi connectivity index (χ0) is 13.8. The monoisotopic (exact) mass is 266 g/mol. The summed E-state index contributed by atoms with van der Waals surface area (Å²) in [5, 5.41) is 3.51. The van der Waals surface area contributed by atoms with Gasteiger partial charge >= 0.3 is 0 Å². The van der Waals surface area contributed by atoms with Crippen molar-refractivity contribution in [3.63, 3.8) is 0 Å². The summed E-state index contributed by atoms with van der Waals surface area (Å²) in [6.45, 7) is 6.32. The Balaban J connectivity index is 1.90. The van der Waals surface area contributed by atoms with Gasteiger partial charge in [-0.1, -0.05) is 49.4 Å². The van der Waals surface area contributed by atoms with Crippen LogP contribution in [0.15, 0.2) is 48.5 Å². The van der Waals surface area contributed by atoms with E-state index in [0.29, 0.717) is 0 Å². The van der Waals surface area contributed by atoms with Gasteiger partial charge in [-0.25, -0.2) is 0 Å². The highest BCUT2D eigenvalue weighted by atomic mass is 15.2. The minimum Gasteiger partial charge on any atom is -0.366 e. The van der Waals surface area contributed by atoms with Crippen molar-refractivity contribution in [1.82, 2.24) is 5.32 Å². The topological polar surface area (TPSA) is 15.3 Å². The lowest BCUT2D eigenvalue weighted by Gasteiger charge is -2.25. The number of nitrogens with one attached hydrogen (secondary N) is 1. The number of aryl methyl sites for hydroxylation is 1. The number of nitrogens with zero attached hydrogens (tertiary/aromatic N) is 1. The van der Waals surface area contributed by atoms with Gasteiger partial charge in [0, 0.05) is 31.9 Å². The first-order valence-corrected chi connectivity index (χ1v) is 7.49. The van der Waals surface area contributed by atoms with Crippen LogP contribution in [0.1, 0.15) is 23.6 Å². The van der Waals surface area contributed by atoms with Crippen LogP contribution < -0.4 is 10.2 Å². The minimum atomic E-state index is 0.974. The number of anilines is 1. The van der Waals surface area contributed by atoms with Gasteiger partial charge in [-0.2, -0.15) is 0 Å². The van der Waals surface area contributed by atoms with E-state index < -0.39 is 0 Å². The molecule has 0 aromatic heterocycles. The molecule has 1 N–H and O–H groups in total. The maximum absolute atomic E-state index is 3.51. The summed E-state index contributed by atoms with van der Waals surface area (Å²) < 4.78 is 0. The van der Waals surface area contributed by atoms with Gasteiger partial charge in [0.05, 0.1) is 0 Å². The second-order valence-electron chi connectivity index (χ2n) is 5.35. The summed E-state index contributed by atoms with van der Waals surface area (Å²) in [4.78, 5) is 2.50. The van der Waals surface area contributed by atoms with Crippen molar-refractivity contribution < 1.29 is 0 Å². The van der Waals surface area contributed by atoms with Crippen molar-refractivity contribution in [3.8, 4) is 0 Å². The van der Waals surface area contributed by atoms with Crippen LogP contribution in [0, 0.1) is 0 Å². The SMILES string of the molecule is CCc1ccccc1CN1CCNCc2ccccc21. The number of fused-ring (bicyclic) bond motifs is 1. The summed E-state index contributed by atoms with van der Waals surface area (Å²) in [6.07, 6.45) is 1.10. The third-order valence-corrected chi connectivity index (χ3v) is 4.07. The Labute approximate surface area is 121 Å². The Hall–Kier alpha value is -1.80. The zero-order valence-corrected chi connectivity index (χ0v) is 12.1. The smallest absolute Gasteiger partial charge is 0.0432 e. The molecule has 20 heavy (non-hydrogen) atoms. The predicted octanol–water partition coefficient (Wildman–Crippen LogP) is 3.36. The van der Waals surface area contributed by atoms with Crippen molar-refractivity contribution in [3.05, 3.63) is 65.2 Å². The van der Waals surface area contributed by atoms with Gasteiger partial charge < -0.3 is 10.2 Å². The van der Waals surface area contributed by atoms with E-state index in [9.17, 15) is 0 Å². The van der Waals surface area contributed by atoms with E-state index in [1.54, 1.807) is 0 Å². The molecule has 2 heteroatoms. The van der Waals surface area contributed by atoms with Gasteiger partial charge in [0.2, 0.25) is 0 Å². The highest BCUT2D eigenvalue weighted by Crippen LogP contribution is 2.24. The van der Waals surface area contributed by atoms with E-state index in [1.165, 1.54) is 22.4 Å². The lowest BCUT2D eigenvalue weighted by Crippen LogP contribution is -2.28. The summed E-state index contributed by atoms with van der Waals surface area (Å²) in [6, 6.07) is 17.5. The minimum absolute atomic E-state index is 0.974. The molecule has 2 aromatic carbocycles. The van der Waals surface area contributed by atoms with Crippen LogP contribution in [0.25, 0.3) is 0 Å². The largest absolute Gasteiger partial charge is 0.366 e.